The molecule has 1 heterocycles. The molecule has 21 heavy (non-hydrogen) atoms. The van der Waals surface area contributed by atoms with Crippen LogP contribution in [0.15, 0.2) is 35.4 Å². The van der Waals surface area contributed by atoms with Gasteiger partial charge in [-0.15, -0.1) is 0 Å². The number of nitrogens with zero attached hydrogens (tertiary/aromatic N) is 1. The van der Waals surface area contributed by atoms with Gasteiger partial charge in [-0.1, -0.05) is 18.2 Å². The molecule has 112 valence electrons. The Balaban J connectivity index is 2.51. The van der Waals surface area contributed by atoms with Crippen LogP contribution in [-0.4, -0.2) is 20.5 Å². The van der Waals surface area contributed by atoms with Crippen LogP contribution in [-0.2, 0) is 10.0 Å². The number of nitrogens with two attached hydrogens (primary N) is 1. The quantitative estimate of drug-likeness (QED) is 0.902. The topological polar surface area (TPSA) is 94.3 Å². The molecule has 0 unspecified atom stereocenters. The minimum atomic E-state index is -3.84. The lowest BCUT2D eigenvalue weighted by Gasteiger charge is -2.14. The van der Waals surface area contributed by atoms with Crippen LogP contribution >= 0.6 is 0 Å². The number of aryl methyl sites for hydroxylation is 2. The monoisotopic (exact) mass is 307 g/mol. The third kappa shape index (κ3) is 3.08. The molecule has 0 saturated carbocycles. The number of rotatable bonds is 4. The van der Waals surface area contributed by atoms with E-state index in [9.17, 15) is 8.42 Å². The number of methoxy groups -OCH3 is 1. The molecule has 6 nitrogen and oxygen atoms in total. The Kier molecular flexibility index (Phi) is 4.04. The van der Waals surface area contributed by atoms with Crippen LogP contribution in [0.5, 0.6) is 5.88 Å². The summed E-state index contributed by atoms with van der Waals surface area (Å²) in [7, 11) is -2.48. The first-order chi connectivity index (χ1) is 9.85. The maximum Gasteiger partial charge on any atom is 0.267 e. The number of hydrogen-bond acceptors (Lipinski definition) is 5. The second-order valence-corrected chi connectivity index (χ2v) is 6.30. The van der Waals surface area contributed by atoms with Crippen LogP contribution in [0.4, 0.5) is 11.4 Å². The Hall–Kier alpha value is -2.28. The van der Waals surface area contributed by atoms with E-state index in [2.05, 4.69) is 9.71 Å². The first kappa shape index (κ1) is 15.1. The van der Waals surface area contributed by atoms with Gasteiger partial charge in [-0.3, -0.25) is 4.72 Å². The maximum atomic E-state index is 12.6. The summed E-state index contributed by atoms with van der Waals surface area (Å²) in [4.78, 5) is 3.79. The Labute approximate surface area is 124 Å². The third-order valence-corrected chi connectivity index (χ3v) is 4.38. The van der Waals surface area contributed by atoms with E-state index in [4.69, 9.17) is 10.5 Å². The highest BCUT2D eigenvalue weighted by Gasteiger charge is 2.22. The second-order valence-electron chi connectivity index (χ2n) is 4.65. The second kappa shape index (κ2) is 5.61. The van der Waals surface area contributed by atoms with Crippen molar-refractivity contribution in [3.8, 4) is 5.88 Å². The lowest BCUT2D eigenvalue weighted by molar-refractivity contribution is 0.385. The molecule has 1 aromatic heterocycles. The van der Waals surface area contributed by atoms with E-state index in [1.165, 1.54) is 19.4 Å². The lowest BCUT2D eigenvalue weighted by Crippen LogP contribution is -2.16. The number of aromatic nitrogens is 1. The predicted molar refractivity (Wildman–Crippen MR) is 81.9 cm³/mol. The SMILES string of the molecule is COc1ncc(N)cc1S(=O)(=O)Nc1c(C)cccc1C. The van der Waals surface area contributed by atoms with Crippen LogP contribution in [0.1, 0.15) is 11.1 Å². The summed E-state index contributed by atoms with van der Waals surface area (Å²) in [5.41, 5.74) is 8.07. The molecular formula is C14H17N3O3S. The van der Waals surface area contributed by atoms with E-state index in [-0.39, 0.29) is 16.5 Å². The maximum absolute atomic E-state index is 12.6. The number of anilines is 2. The molecule has 0 radical (unpaired) electrons. The summed E-state index contributed by atoms with van der Waals surface area (Å²) in [6, 6.07) is 6.85. The highest BCUT2D eigenvalue weighted by atomic mass is 32.2. The summed E-state index contributed by atoms with van der Waals surface area (Å²) in [5, 5.41) is 0. The van der Waals surface area contributed by atoms with Crippen molar-refractivity contribution in [1.82, 2.24) is 4.98 Å². The fourth-order valence-electron chi connectivity index (χ4n) is 1.96. The molecular weight excluding hydrogens is 290 g/mol. The average Bonchev–Trinajstić information content (AvgIpc) is 2.43. The van der Waals surface area contributed by atoms with Crippen LogP contribution in [0.25, 0.3) is 0 Å². The van der Waals surface area contributed by atoms with Gasteiger partial charge < -0.3 is 10.5 Å². The zero-order valence-electron chi connectivity index (χ0n) is 12.0. The number of pyridine rings is 1. The standard InChI is InChI=1S/C14H17N3O3S/c1-9-5-4-6-10(2)13(9)17-21(18,19)12-7-11(15)8-16-14(12)20-3/h4-8,17H,15H2,1-3H3. The van der Waals surface area contributed by atoms with E-state index in [0.29, 0.717) is 5.69 Å². The Morgan fingerprint density at radius 3 is 2.43 bits per heavy atom. The van der Waals surface area contributed by atoms with Crippen LogP contribution in [0.3, 0.4) is 0 Å². The van der Waals surface area contributed by atoms with Crippen molar-refractivity contribution >= 4 is 21.4 Å². The molecule has 0 spiro atoms. The number of para-hydroxylation sites is 1. The van der Waals surface area contributed by atoms with Gasteiger partial charge in [0.25, 0.3) is 10.0 Å². The zero-order valence-corrected chi connectivity index (χ0v) is 12.9. The van der Waals surface area contributed by atoms with Gasteiger partial charge in [-0.2, -0.15) is 0 Å². The molecule has 3 N–H and O–H groups in total. The third-order valence-electron chi connectivity index (χ3n) is 3.04. The van der Waals surface area contributed by atoms with E-state index in [1.54, 1.807) is 0 Å². The fraction of sp³-hybridized carbons (Fsp3) is 0.214. The van der Waals surface area contributed by atoms with Gasteiger partial charge in [0.05, 0.1) is 24.7 Å². The number of nitrogens with one attached hydrogen (secondary N) is 1. The molecule has 2 rings (SSSR count). The van der Waals surface area contributed by atoms with Gasteiger partial charge in [0.15, 0.2) is 4.90 Å². The van der Waals surface area contributed by atoms with E-state index >= 15 is 0 Å². The number of benzene rings is 1. The molecule has 0 aliphatic heterocycles. The lowest BCUT2D eigenvalue weighted by atomic mass is 10.1. The minimum Gasteiger partial charge on any atom is -0.480 e. The van der Waals surface area contributed by atoms with Gasteiger partial charge in [0.1, 0.15) is 0 Å². The van der Waals surface area contributed by atoms with Crippen molar-refractivity contribution in [1.29, 1.82) is 0 Å². The van der Waals surface area contributed by atoms with E-state index in [0.717, 1.165) is 11.1 Å². The zero-order chi connectivity index (χ0) is 15.6. The van der Waals surface area contributed by atoms with Crippen molar-refractivity contribution < 1.29 is 13.2 Å². The summed E-state index contributed by atoms with van der Waals surface area (Å²) in [6.07, 6.45) is 1.34. The van der Waals surface area contributed by atoms with Crippen molar-refractivity contribution in [3.05, 3.63) is 41.6 Å². The molecule has 0 bridgehead atoms. The minimum absolute atomic E-state index is 0.00272. The highest BCUT2D eigenvalue weighted by Crippen LogP contribution is 2.28. The molecule has 0 atom stereocenters. The number of nitrogen functional groups attached to an aromatic ring is 1. The van der Waals surface area contributed by atoms with Crippen LogP contribution < -0.4 is 15.2 Å². The average molecular weight is 307 g/mol. The number of sulfonamides is 1. The first-order valence-electron chi connectivity index (χ1n) is 6.23. The molecule has 0 saturated heterocycles. The first-order valence-corrected chi connectivity index (χ1v) is 7.72. The summed E-state index contributed by atoms with van der Waals surface area (Å²) < 4.78 is 32.7. The van der Waals surface area contributed by atoms with Gasteiger partial charge in [0, 0.05) is 0 Å². The fourth-order valence-corrected chi connectivity index (χ4v) is 3.32. The van der Waals surface area contributed by atoms with Crippen molar-refractivity contribution in [2.24, 2.45) is 0 Å². The van der Waals surface area contributed by atoms with Crippen LogP contribution in [0, 0.1) is 13.8 Å². The summed E-state index contributed by atoms with van der Waals surface area (Å²) in [5.74, 6) is 0.00272. The van der Waals surface area contributed by atoms with E-state index in [1.807, 2.05) is 32.0 Å². The van der Waals surface area contributed by atoms with E-state index < -0.39 is 10.0 Å². The van der Waals surface area contributed by atoms with Gasteiger partial charge in [-0.05, 0) is 31.0 Å². The summed E-state index contributed by atoms with van der Waals surface area (Å²) in [6.45, 7) is 3.67. The van der Waals surface area contributed by atoms with Gasteiger partial charge >= 0.3 is 0 Å². The predicted octanol–water partition coefficient (Wildman–Crippen LogP) is 2.09. The largest absolute Gasteiger partial charge is 0.480 e. The smallest absolute Gasteiger partial charge is 0.267 e. The van der Waals surface area contributed by atoms with Gasteiger partial charge in [0.2, 0.25) is 5.88 Å². The number of hydrogen-bond donors (Lipinski definition) is 2. The highest BCUT2D eigenvalue weighted by molar-refractivity contribution is 7.92. The normalized spacial score (nSPS) is 11.2. The Morgan fingerprint density at radius 2 is 1.86 bits per heavy atom. The van der Waals surface area contributed by atoms with Crippen molar-refractivity contribution in [3.63, 3.8) is 0 Å². The van der Waals surface area contributed by atoms with Crippen molar-refractivity contribution in [2.45, 2.75) is 18.7 Å². The molecule has 0 fully saturated rings. The molecule has 0 amide bonds. The summed E-state index contributed by atoms with van der Waals surface area (Å²) >= 11 is 0. The molecule has 2 aromatic rings. The molecule has 0 aliphatic carbocycles. The Morgan fingerprint density at radius 1 is 1.24 bits per heavy atom. The van der Waals surface area contributed by atoms with Gasteiger partial charge in [-0.25, -0.2) is 13.4 Å². The molecule has 0 aliphatic rings. The van der Waals surface area contributed by atoms with Crippen LogP contribution in [0.2, 0.25) is 0 Å². The molecule has 1 aromatic carbocycles. The Bertz CT molecular complexity index is 753. The molecule has 7 heteroatoms. The van der Waals surface area contributed by atoms with Crippen molar-refractivity contribution in [2.75, 3.05) is 17.6 Å². The number of ether oxygens (including phenoxy) is 1.